The van der Waals surface area contributed by atoms with Crippen molar-refractivity contribution in [1.82, 2.24) is 0 Å². The van der Waals surface area contributed by atoms with E-state index in [9.17, 15) is 5.11 Å². The van der Waals surface area contributed by atoms with Gasteiger partial charge in [-0.15, -0.1) is 0 Å². The van der Waals surface area contributed by atoms with Gasteiger partial charge < -0.3 is 9.84 Å². The zero-order chi connectivity index (χ0) is 12.6. The highest BCUT2D eigenvalue weighted by Gasteiger charge is 2.39. The Labute approximate surface area is 105 Å². The fourth-order valence-corrected chi connectivity index (χ4v) is 4.31. The minimum Gasteiger partial charge on any atom is -0.508 e. The summed E-state index contributed by atoms with van der Waals surface area (Å²) in [5.74, 6) is 0.354. The van der Waals surface area contributed by atoms with E-state index in [4.69, 9.17) is 4.74 Å². The molecule has 94 valence electrons. The van der Waals surface area contributed by atoms with E-state index in [1.807, 2.05) is 12.1 Å². The average molecular weight is 250 g/mol. The second-order valence-electron chi connectivity index (χ2n) is 5.97. The second-order valence-corrected chi connectivity index (χ2v) is 11.2. The number of fused-ring (bicyclic) bond motifs is 1. The minimum absolute atomic E-state index is 0.223. The maximum Gasteiger partial charge on any atom is 0.115 e. The lowest BCUT2D eigenvalue weighted by atomic mass is 10.0. The standard InChI is InChI=1S/C14H22O2Si/c1-5-6-13-11-8-7-10(15)9-12(11)14(16-13)17(2,3)4/h7-9,13-15H,5-6H2,1-4H3. The van der Waals surface area contributed by atoms with E-state index in [-0.39, 0.29) is 11.8 Å². The first-order valence-corrected chi connectivity index (χ1v) is 9.99. The lowest BCUT2D eigenvalue weighted by molar-refractivity contribution is 0.0436. The number of phenolic OH excluding ortho intramolecular Hbond substituents is 1. The van der Waals surface area contributed by atoms with Crippen LogP contribution >= 0.6 is 0 Å². The molecule has 0 amide bonds. The SMILES string of the molecule is CCCC1OC([Si](C)(C)C)c2cc(O)ccc21. The minimum atomic E-state index is -1.40. The number of rotatable bonds is 3. The molecule has 1 N–H and O–H groups in total. The Morgan fingerprint density at radius 3 is 2.53 bits per heavy atom. The average Bonchev–Trinajstić information content (AvgIpc) is 2.56. The van der Waals surface area contributed by atoms with Crippen molar-refractivity contribution in [2.24, 2.45) is 0 Å². The molecular formula is C14H22O2Si. The molecule has 2 nitrogen and oxygen atoms in total. The molecule has 0 spiro atoms. The summed E-state index contributed by atoms with van der Waals surface area (Å²) in [5.41, 5.74) is 2.74. The molecule has 1 heterocycles. The number of ether oxygens (including phenoxy) is 1. The summed E-state index contributed by atoms with van der Waals surface area (Å²) in [5, 5.41) is 9.66. The van der Waals surface area contributed by atoms with Crippen LogP contribution in [0.15, 0.2) is 18.2 Å². The van der Waals surface area contributed by atoms with Gasteiger partial charge >= 0.3 is 0 Å². The molecule has 0 saturated heterocycles. The highest BCUT2D eigenvalue weighted by Crippen LogP contribution is 2.46. The van der Waals surface area contributed by atoms with Crippen molar-refractivity contribution in [3.63, 3.8) is 0 Å². The summed E-state index contributed by atoms with van der Waals surface area (Å²) in [4.78, 5) is 0. The van der Waals surface area contributed by atoms with E-state index in [0.717, 1.165) is 12.8 Å². The third-order valence-corrected chi connectivity index (χ3v) is 5.36. The number of hydrogen-bond acceptors (Lipinski definition) is 2. The highest BCUT2D eigenvalue weighted by molar-refractivity contribution is 6.77. The normalized spacial score (nSPS) is 23.8. The molecule has 2 rings (SSSR count). The van der Waals surface area contributed by atoms with E-state index < -0.39 is 8.07 Å². The largest absolute Gasteiger partial charge is 0.508 e. The van der Waals surface area contributed by atoms with E-state index in [1.165, 1.54) is 11.1 Å². The zero-order valence-corrected chi connectivity index (χ0v) is 12.2. The van der Waals surface area contributed by atoms with Gasteiger partial charge in [0, 0.05) is 0 Å². The van der Waals surface area contributed by atoms with Crippen molar-refractivity contribution < 1.29 is 9.84 Å². The molecule has 1 aliphatic heterocycles. The molecule has 2 atom stereocenters. The Morgan fingerprint density at radius 2 is 1.94 bits per heavy atom. The first-order chi connectivity index (χ1) is 7.93. The monoisotopic (exact) mass is 250 g/mol. The van der Waals surface area contributed by atoms with Crippen molar-refractivity contribution in [3.05, 3.63) is 29.3 Å². The van der Waals surface area contributed by atoms with Gasteiger partial charge in [-0.25, -0.2) is 0 Å². The maximum atomic E-state index is 9.66. The molecule has 3 heteroatoms. The lowest BCUT2D eigenvalue weighted by Crippen LogP contribution is -2.30. The molecule has 0 radical (unpaired) electrons. The van der Waals surface area contributed by atoms with Crippen molar-refractivity contribution >= 4 is 8.07 Å². The Kier molecular flexibility index (Phi) is 3.32. The summed E-state index contributed by atoms with van der Waals surface area (Å²) < 4.78 is 6.24. The third kappa shape index (κ3) is 2.40. The molecule has 1 aromatic rings. The fraction of sp³-hybridized carbons (Fsp3) is 0.571. The van der Waals surface area contributed by atoms with E-state index in [2.05, 4.69) is 26.6 Å². The van der Waals surface area contributed by atoms with Crippen molar-refractivity contribution in [1.29, 1.82) is 0 Å². The highest BCUT2D eigenvalue weighted by atomic mass is 28.3. The molecule has 2 unspecified atom stereocenters. The quantitative estimate of drug-likeness (QED) is 0.815. The topological polar surface area (TPSA) is 29.5 Å². The van der Waals surface area contributed by atoms with Gasteiger partial charge in [-0.2, -0.15) is 0 Å². The van der Waals surface area contributed by atoms with Crippen LogP contribution < -0.4 is 0 Å². The molecule has 0 aromatic heterocycles. The predicted octanol–water partition coefficient (Wildman–Crippen LogP) is 4.18. The van der Waals surface area contributed by atoms with Crippen LogP contribution in [0.5, 0.6) is 5.75 Å². The van der Waals surface area contributed by atoms with Gasteiger partial charge in [-0.3, -0.25) is 0 Å². The molecule has 1 aliphatic rings. The summed E-state index contributed by atoms with van der Waals surface area (Å²) in [7, 11) is -1.40. The van der Waals surface area contributed by atoms with Crippen molar-refractivity contribution in [3.8, 4) is 5.75 Å². The number of hydrogen-bond donors (Lipinski definition) is 1. The second kappa shape index (κ2) is 4.46. The smallest absolute Gasteiger partial charge is 0.115 e. The number of phenols is 1. The van der Waals surface area contributed by atoms with Gasteiger partial charge in [0.1, 0.15) is 5.75 Å². The Morgan fingerprint density at radius 1 is 1.24 bits per heavy atom. The van der Waals surface area contributed by atoms with E-state index in [1.54, 1.807) is 6.07 Å². The summed E-state index contributed by atoms with van der Waals surface area (Å²) in [6.45, 7) is 9.14. The van der Waals surface area contributed by atoms with Crippen molar-refractivity contribution in [2.45, 2.75) is 51.2 Å². The van der Waals surface area contributed by atoms with Crippen molar-refractivity contribution in [2.75, 3.05) is 0 Å². The van der Waals surface area contributed by atoms with Crippen LogP contribution in [0.25, 0.3) is 0 Å². The van der Waals surface area contributed by atoms with Gasteiger partial charge in [0.25, 0.3) is 0 Å². The summed E-state index contributed by atoms with van der Waals surface area (Å²) in [6.07, 6.45) is 2.43. The maximum absolute atomic E-state index is 9.66. The lowest BCUT2D eigenvalue weighted by Gasteiger charge is -2.25. The van der Waals surface area contributed by atoms with Gasteiger partial charge in [0.2, 0.25) is 0 Å². The molecule has 1 aromatic carbocycles. The van der Waals surface area contributed by atoms with Crippen LogP contribution in [-0.2, 0) is 4.74 Å². The Balaban J connectivity index is 2.41. The van der Waals surface area contributed by atoms with Gasteiger partial charge in [-0.1, -0.05) is 39.1 Å². The van der Waals surface area contributed by atoms with Gasteiger partial charge in [0.15, 0.2) is 0 Å². The van der Waals surface area contributed by atoms with Gasteiger partial charge in [-0.05, 0) is 29.7 Å². The van der Waals surface area contributed by atoms with E-state index >= 15 is 0 Å². The number of benzene rings is 1. The predicted molar refractivity (Wildman–Crippen MR) is 72.9 cm³/mol. The molecule has 17 heavy (non-hydrogen) atoms. The fourth-order valence-electron chi connectivity index (χ4n) is 2.55. The van der Waals surface area contributed by atoms with Crippen LogP contribution in [0.4, 0.5) is 0 Å². The van der Waals surface area contributed by atoms with Crippen LogP contribution in [0.1, 0.15) is 42.7 Å². The van der Waals surface area contributed by atoms with Gasteiger partial charge in [0.05, 0.1) is 19.9 Å². The van der Waals surface area contributed by atoms with Crippen LogP contribution in [0.2, 0.25) is 19.6 Å². The first kappa shape index (κ1) is 12.6. The molecule has 0 aliphatic carbocycles. The van der Waals surface area contributed by atoms with Crippen LogP contribution in [0.3, 0.4) is 0 Å². The Hall–Kier alpha value is -0.803. The molecular weight excluding hydrogens is 228 g/mol. The molecule has 0 saturated carbocycles. The Bertz CT molecular complexity index is 409. The van der Waals surface area contributed by atoms with E-state index in [0.29, 0.717) is 5.75 Å². The summed E-state index contributed by atoms with van der Waals surface area (Å²) in [6, 6.07) is 5.70. The summed E-state index contributed by atoms with van der Waals surface area (Å²) >= 11 is 0. The zero-order valence-electron chi connectivity index (χ0n) is 11.2. The molecule has 0 fully saturated rings. The van der Waals surface area contributed by atoms with Crippen LogP contribution in [0, 0.1) is 0 Å². The van der Waals surface area contributed by atoms with Crippen LogP contribution in [-0.4, -0.2) is 13.2 Å². The molecule has 0 bridgehead atoms. The number of aromatic hydroxyl groups is 1. The first-order valence-electron chi connectivity index (χ1n) is 6.41. The third-order valence-electron chi connectivity index (χ3n) is 3.34.